The second-order valence-corrected chi connectivity index (χ2v) is 4.92. The van der Waals surface area contributed by atoms with Crippen LogP contribution in [0.2, 0.25) is 0 Å². The number of thioether (sulfide) groups is 1. The summed E-state index contributed by atoms with van der Waals surface area (Å²) in [5, 5.41) is 0.744. The van der Waals surface area contributed by atoms with Crippen LogP contribution in [0.1, 0.15) is 33.1 Å². The second-order valence-electron chi connectivity index (χ2n) is 3.45. The molecule has 0 aliphatic rings. The second kappa shape index (κ2) is 8.85. The van der Waals surface area contributed by atoms with Crippen molar-refractivity contribution in [2.24, 2.45) is 5.73 Å². The summed E-state index contributed by atoms with van der Waals surface area (Å²) in [6.07, 6.45) is 3.39. The van der Waals surface area contributed by atoms with Crippen molar-refractivity contribution < 1.29 is 4.74 Å². The van der Waals surface area contributed by atoms with Crippen LogP contribution in [0.4, 0.5) is 0 Å². The summed E-state index contributed by atoms with van der Waals surface area (Å²) >= 11 is 1.98. The molecule has 0 aromatic carbocycles. The number of ether oxygens (including phenoxy) is 1. The predicted molar refractivity (Wildman–Crippen MR) is 61.3 cm³/mol. The molecular formula is C10H23NOS. The Morgan fingerprint density at radius 1 is 1.46 bits per heavy atom. The summed E-state index contributed by atoms with van der Waals surface area (Å²) < 4.78 is 4.98. The highest BCUT2D eigenvalue weighted by Crippen LogP contribution is 2.15. The fourth-order valence-electron chi connectivity index (χ4n) is 0.979. The lowest BCUT2D eigenvalue weighted by Gasteiger charge is -2.13. The van der Waals surface area contributed by atoms with E-state index >= 15 is 0 Å². The molecule has 0 heterocycles. The molecule has 13 heavy (non-hydrogen) atoms. The summed E-state index contributed by atoms with van der Waals surface area (Å²) in [6, 6.07) is 0.342. The van der Waals surface area contributed by atoms with Gasteiger partial charge in [0.25, 0.3) is 0 Å². The third-order valence-corrected chi connectivity index (χ3v) is 3.62. The van der Waals surface area contributed by atoms with Crippen LogP contribution in [-0.4, -0.2) is 30.8 Å². The number of nitrogens with two attached hydrogens (primary N) is 1. The summed E-state index contributed by atoms with van der Waals surface area (Å²) in [5.74, 6) is 1.08. The van der Waals surface area contributed by atoms with E-state index in [0.717, 1.165) is 30.5 Å². The average Bonchev–Trinajstić information content (AvgIpc) is 2.14. The van der Waals surface area contributed by atoms with Gasteiger partial charge in [0.2, 0.25) is 0 Å². The lowest BCUT2D eigenvalue weighted by atomic mass is 10.2. The third-order valence-electron chi connectivity index (χ3n) is 2.09. The summed E-state index contributed by atoms with van der Waals surface area (Å²) in [4.78, 5) is 0. The van der Waals surface area contributed by atoms with Gasteiger partial charge in [-0.15, -0.1) is 0 Å². The molecule has 0 aliphatic heterocycles. The van der Waals surface area contributed by atoms with Crippen molar-refractivity contribution in [3.8, 4) is 0 Å². The largest absolute Gasteiger partial charge is 0.385 e. The van der Waals surface area contributed by atoms with Gasteiger partial charge in [-0.2, -0.15) is 11.8 Å². The topological polar surface area (TPSA) is 35.2 Å². The van der Waals surface area contributed by atoms with Gasteiger partial charge in [-0.3, -0.25) is 0 Å². The van der Waals surface area contributed by atoms with Gasteiger partial charge in [0.15, 0.2) is 0 Å². The zero-order valence-corrected chi connectivity index (χ0v) is 9.90. The van der Waals surface area contributed by atoms with Crippen LogP contribution in [0.15, 0.2) is 0 Å². The number of methoxy groups -OCH3 is 1. The van der Waals surface area contributed by atoms with Crippen LogP contribution in [0, 0.1) is 0 Å². The molecule has 80 valence electrons. The predicted octanol–water partition coefficient (Wildman–Crippen LogP) is 2.27. The molecule has 2 unspecified atom stereocenters. The maximum absolute atomic E-state index is 5.94. The fourth-order valence-corrected chi connectivity index (χ4v) is 1.96. The number of rotatable bonds is 8. The Morgan fingerprint density at radius 2 is 2.15 bits per heavy atom. The van der Waals surface area contributed by atoms with Gasteiger partial charge in [0.1, 0.15) is 0 Å². The van der Waals surface area contributed by atoms with Crippen LogP contribution in [0.5, 0.6) is 0 Å². The lowest BCUT2D eigenvalue weighted by Crippen LogP contribution is -2.24. The van der Waals surface area contributed by atoms with Gasteiger partial charge in [-0.25, -0.2) is 0 Å². The van der Waals surface area contributed by atoms with Crippen LogP contribution in [0.25, 0.3) is 0 Å². The van der Waals surface area contributed by atoms with Crippen molar-refractivity contribution in [1.82, 2.24) is 0 Å². The van der Waals surface area contributed by atoms with E-state index in [9.17, 15) is 0 Å². The van der Waals surface area contributed by atoms with E-state index in [-0.39, 0.29) is 0 Å². The number of hydrogen-bond acceptors (Lipinski definition) is 3. The SMILES string of the molecule is CCC(C)SCC(N)CCCOC. The van der Waals surface area contributed by atoms with Gasteiger partial charge in [0.05, 0.1) is 0 Å². The Bertz CT molecular complexity index is 111. The Kier molecular flexibility index (Phi) is 9.03. The van der Waals surface area contributed by atoms with Gasteiger partial charge in [0, 0.05) is 30.8 Å². The summed E-state index contributed by atoms with van der Waals surface area (Å²) in [7, 11) is 1.74. The Labute approximate surface area is 86.6 Å². The maximum atomic E-state index is 5.94. The van der Waals surface area contributed by atoms with Crippen LogP contribution < -0.4 is 5.73 Å². The van der Waals surface area contributed by atoms with E-state index in [2.05, 4.69) is 13.8 Å². The van der Waals surface area contributed by atoms with Gasteiger partial charge < -0.3 is 10.5 Å². The highest BCUT2D eigenvalue weighted by atomic mass is 32.2. The molecule has 0 spiro atoms. The maximum Gasteiger partial charge on any atom is 0.0462 e. The molecular weight excluding hydrogens is 182 g/mol. The molecule has 2 atom stereocenters. The molecule has 0 saturated heterocycles. The molecule has 0 bridgehead atoms. The molecule has 0 saturated carbocycles. The van der Waals surface area contributed by atoms with E-state index in [0.29, 0.717) is 6.04 Å². The summed E-state index contributed by atoms with van der Waals surface area (Å²) in [5.41, 5.74) is 5.94. The van der Waals surface area contributed by atoms with E-state index in [1.165, 1.54) is 6.42 Å². The van der Waals surface area contributed by atoms with Crippen molar-refractivity contribution in [3.05, 3.63) is 0 Å². The summed E-state index contributed by atoms with van der Waals surface area (Å²) in [6.45, 7) is 5.31. The van der Waals surface area contributed by atoms with Gasteiger partial charge >= 0.3 is 0 Å². The first-order valence-electron chi connectivity index (χ1n) is 5.06. The van der Waals surface area contributed by atoms with E-state index in [1.54, 1.807) is 7.11 Å². The highest BCUT2D eigenvalue weighted by molar-refractivity contribution is 7.99. The van der Waals surface area contributed by atoms with Crippen LogP contribution >= 0.6 is 11.8 Å². The standard InChI is InChI=1S/C10H23NOS/c1-4-9(2)13-8-10(11)6-5-7-12-3/h9-10H,4-8,11H2,1-3H3. The molecule has 3 heteroatoms. The Morgan fingerprint density at radius 3 is 2.69 bits per heavy atom. The molecule has 2 N–H and O–H groups in total. The number of hydrogen-bond donors (Lipinski definition) is 1. The molecule has 0 aromatic heterocycles. The third kappa shape index (κ3) is 8.60. The Balaban J connectivity index is 3.24. The van der Waals surface area contributed by atoms with Crippen molar-refractivity contribution in [1.29, 1.82) is 0 Å². The van der Waals surface area contributed by atoms with Crippen molar-refractivity contribution >= 4 is 11.8 Å². The zero-order valence-electron chi connectivity index (χ0n) is 9.08. The van der Waals surface area contributed by atoms with Crippen molar-refractivity contribution in [2.75, 3.05) is 19.5 Å². The molecule has 0 aliphatic carbocycles. The quantitative estimate of drug-likeness (QED) is 0.617. The van der Waals surface area contributed by atoms with Crippen LogP contribution in [0.3, 0.4) is 0 Å². The van der Waals surface area contributed by atoms with Gasteiger partial charge in [-0.05, 0) is 19.3 Å². The molecule has 0 amide bonds. The van der Waals surface area contributed by atoms with Crippen molar-refractivity contribution in [2.45, 2.75) is 44.4 Å². The van der Waals surface area contributed by atoms with E-state index in [1.807, 2.05) is 11.8 Å². The molecule has 2 nitrogen and oxygen atoms in total. The fraction of sp³-hybridized carbons (Fsp3) is 1.00. The molecule has 0 radical (unpaired) electrons. The van der Waals surface area contributed by atoms with E-state index in [4.69, 9.17) is 10.5 Å². The van der Waals surface area contributed by atoms with Crippen LogP contribution in [-0.2, 0) is 4.74 Å². The van der Waals surface area contributed by atoms with E-state index < -0.39 is 0 Å². The van der Waals surface area contributed by atoms with Gasteiger partial charge in [-0.1, -0.05) is 13.8 Å². The highest BCUT2D eigenvalue weighted by Gasteiger charge is 2.05. The first-order valence-corrected chi connectivity index (χ1v) is 6.11. The molecule has 0 aromatic rings. The van der Waals surface area contributed by atoms with Crippen molar-refractivity contribution in [3.63, 3.8) is 0 Å². The molecule has 0 rings (SSSR count). The first kappa shape index (κ1) is 13.3. The monoisotopic (exact) mass is 205 g/mol. The minimum atomic E-state index is 0.342. The first-order chi connectivity index (χ1) is 6.20. The zero-order chi connectivity index (χ0) is 10.1. The molecule has 0 fully saturated rings. The smallest absolute Gasteiger partial charge is 0.0462 e. The minimum Gasteiger partial charge on any atom is -0.385 e. The minimum absolute atomic E-state index is 0.342. The Hall–Kier alpha value is 0.270. The normalized spacial score (nSPS) is 15.7. The lowest BCUT2D eigenvalue weighted by molar-refractivity contribution is 0.191. The average molecular weight is 205 g/mol.